The summed E-state index contributed by atoms with van der Waals surface area (Å²) in [6.07, 6.45) is 3.98. The van der Waals surface area contributed by atoms with Gasteiger partial charge in [-0.3, -0.25) is 4.79 Å². The molecule has 7 heteroatoms. The highest BCUT2D eigenvalue weighted by atomic mass is 16.5. The van der Waals surface area contributed by atoms with E-state index in [1.165, 1.54) is 24.3 Å². The third kappa shape index (κ3) is 3.11. The van der Waals surface area contributed by atoms with E-state index in [0.717, 1.165) is 0 Å². The molecule has 0 spiro atoms. The largest absolute Gasteiger partial charge is 0.508 e. The summed E-state index contributed by atoms with van der Waals surface area (Å²) in [4.78, 5) is 12.7. The fourth-order valence-corrected chi connectivity index (χ4v) is 2.66. The number of aromatic hydroxyl groups is 2. The molecule has 2 aromatic rings. The van der Waals surface area contributed by atoms with Gasteiger partial charge in [0.15, 0.2) is 17.3 Å². The number of hydrogen-bond acceptors (Lipinski definition) is 7. The number of rotatable bonds is 3. The molecule has 3 rings (SSSR count). The van der Waals surface area contributed by atoms with Crippen molar-refractivity contribution in [2.75, 3.05) is 0 Å². The van der Waals surface area contributed by atoms with E-state index in [1.54, 1.807) is 19.9 Å². The molecule has 0 aliphatic heterocycles. The van der Waals surface area contributed by atoms with Crippen LogP contribution < -0.4 is 10.2 Å². The Bertz CT molecular complexity index is 1020. The van der Waals surface area contributed by atoms with Gasteiger partial charge in [0, 0.05) is 17.7 Å². The normalized spacial score (nSPS) is 14.7. The number of aliphatic hydroxyl groups is 2. The van der Waals surface area contributed by atoms with Crippen LogP contribution in [0.25, 0.3) is 16.5 Å². The Morgan fingerprint density at radius 3 is 2.54 bits per heavy atom. The molecule has 0 saturated carbocycles. The van der Waals surface area contributed by atoms with Crippen LogP contribution in [-0.4, -0.2) is 26.5 Å². The molecular weight excluding hydrogens is 340 g/mol. The second-order valence-corrected chi connectivity index (χ2v) is 6.14. The van der Waals surface area contributed by atoms with Crippen molar-refractivity contribution in [3.8, 4) is 17.2 Å². The van der Waals surface area contributed by atoms with Crippen molar-refractivity contribution in [1.29, 1.82) is 0 Å². The molecule has 1 aromatic carbocycles. The number of hydrogen-bond donors (Lipinski definition) is 4. The van der Waals surface area contributed by atoms with E-state index in [1.807, 2.05) is 0 Å². The Morgan fingerprint density at radius 2 is 1.85 bits per heavy atom. The molecule has 0 unspecified atom stereocenters. The Labute approximate surface area is 148 Å². The lowest BCUT2D eigenvalue weighted by Crippen LogP contribution is -2.10. The van der Waals surface area contributed by atoms with E-state index < -0.39 is 16.9 Å². The minimum Gasteiger partial charge on any atom is -0.508 e. The topological polar surface area (TPSA) is 120 Å². The SMILES string of the molecule is CC(C)Oc1cc(O)cc2oc(C3=CC(O)=C(O)C=CC3)c(O)c(=O)c12. The molecule has 0 saturated heterocycles. The molecule has 1 aliphatic carbocycles. The first-order chi connectivity index (χ1) is 12.3. The van der Waals surface area contributed by atoms with Crippen LogP contribution in [0.3, 0.4) is 0 Å². The molecule has 1 aromatic heterocycles. The summed E-state index contributed by atoms with van der Waals surface area (Å²) in [5, 5.41) is 39.6. The lowest BCUT2D eigenvalue weighted by molar-refractivity contribution is 0.244. The van der Waals surface area contributed by atoms with Gasteiger partial charge in [0.2, 0.25) is 11.2 Å². The van der Waals surface area contributed by atoms with Gasteiger partial charge in [-0.25, -0.2) is 0 Å². The average Bonchev–Trinajstić information content (AvgIpc) is 2.71. The van der Waals surface area contributed by atoms with Crippen LogP contribution in [0, 0.1) is 0 Å². The molecule has 0 atom stereocenters. The van der Waals surface area contributed by atoms with Crippen LogP contribution in [0.4, 0.5) is 0 Å². The first-order valence-electron chi connectivity index (χ1n) is 7.97. The molecule has 4 N–H and O–H groups in total. The maximum atomic E-state index is 12.7. The predicted molar refractivity (Wildman–Crippen MR) is 95.6 cm³/mol. The van der Waals surface area contributed by atoms with Crippen LogP contribution in [0.5, 0.6) is 17.2 Å². The smallest absolute Gasteiger partial charge is 0.238 e. The van der Waals surface area contributed by atoms with Gasteiger partial charge >= 0.3 is 0 Å². The van der Waals surface area contributed by atoms with E-state index in [0.29, 0.717) is 0 Å². The molecule has 0 bridgehead atoms. The zero-order chi connectivity index (χ0) is 19.0. The highest BCUT2D eigenvalue weighted by Crippen LogP contribution is 2.36. The Hall–Kier alpha value is -3.35. The van der Waals surface area contributed by atoms with Crippen LogP contribution in [-0.2, 0) is 0 Å². The molecule has 26 heavy (non-hydrogen) atoms. The second-order valence-electron chi connectivity index (χ2n) is 6.14. The van der Waals surface area contributed by atoms with Gasteiger partial charge in [-0.2, -0.15) is 0 Å². The second kappa shape index (κ2) is 6.51. The summed E-state index contributed by atoms with van der Waals surface area (Å²) >= 11 is 0. The third-order valence-electron chi connectivity index (χ3n) is 3.76. The van der Waals surface area contributed by atoms with E-state index in [4.69, 9.17) is 9.15 Å². The van der Waals surface area contributed by atoms with Crippen molar-refractivity contribution in [1.82, 2.24) is 0 Å². The van der Waals surface area contributed by atoms with E-state index in [2.05, 4.69) is 0 Å². The Kier molecular flexibility index (Phi) is 4.38. The summed E-state index contributed by atoms with van der Waals surface area (Å²) in [7, 11) is 0. The van der Waals surface area contributed by atoms with E-state index >= 15 is 0 Å². The Morgan fingerprint density at radius 1 is 1.12 bits per heavy atom. The van der Waals surface area contributed by atoms with Crippen LogP contribution >= 0.6 is 0 Å². The van der Waals surface area contributed by atoms with Crippen molar-refractivity contribution in [3.05, 3.63) is 57.9 Å². The maximum absolute atomic E-state index is 12.7. The van der Waals surface area contributed by atoms with Crippen LogP contribution in [0.1, 0.15) is 26.0 Å². The summed E-state index contributed by atoms with van der Waals surface area (Å²) in [6.45, 7) is 3.52. The molecule has 7 nitrogen and oxygen atoms in total. The summed E-state index contributed by atoms with van der Waals surface area (Å²) in [5.41, 5.74) is -0.409. The fraction of sp³-hybridized carbons (Fsp3) is 0.211. The highest BCUT2D eigenvalue weighted by Gasteiger charge is 2.22. The highest BCUT2D eigenvalue weighted by molar-refractivity contribution is 5.88. The molecule has 0 radical (unpaired) electrons. The standard InChI is InChI=1S/C19H18O7/c1-9(2)25-14-7-11(20)8-15-16(14)17(23)18(24)19(26-15)10-4-3-5-12(21)13(22)6-10/h3,5-9,20-22,24H,4H2,1-2H3. The number of aliphatic hydroxyl groups excluding tert-OH is 2. The van der Waals surface area contributed by atoms with Gasteiger partial charge in [0.05, 0.1) is 6.10 Å². The molecule has 0 amide bonds. The number of benzene rings is 1. The van der Waals surface area contributed by atoms with Gasteiger partial charge in [0.25, 0.3) is 0 Å². The summed E-state index contributed by atoms with van der Waals surface area (Å²) < 4.78 is 11.2. The molecule has 0 fully saturated rings. The van der Waals surface area contributed by atoms with Crippen LogP contribution in [0.15, 0.2) is 51.1 Å². The first-order valence-corrected chi connectivity index (χ1v) is 7.97. The van der Waals surface area contributed by atoms with Crippen molar-refractivity contribution in [2.24, 2.45) is 0 Å². The fourth-order valence-electron chi connectivity index (χ4n) is 2.66. The zero-order valence-corrected chi connectivity index (χ0v) is 14.2. The van der Waals surface area contributed by atoms with Gasteiger partial charge in [-0.05, 0) is 32.4 Å². The molecular formula is C19H18O7. The lowest BCUT2D eigenvalue weighted by atomic mass is 10.1. The van der Waals surface area contributed by atoms with Gasteiger partial charge in [0.1, 0.15) is 22.5 Å². The summed E-state index contributed by atoms with van der Waals surface area (Å²) in [5.74, 6) is -1.63. The van der Waals surface area contributed by atoms with Gasteiger partial charge in [-0.1, -0.05) is 6.08 Å². The molecule has 136 valence electrons. The average molecular weight is 358 g/mol. The quantitative estimate of drug-likeness (QED) is 0.661. The first kappa shape index (κ1) is 17.5. The number of phenols is 1. The lowest BCUT2D eigenvalue weighted by Gasteiger charge is -2.14. The van der Waals surface area contributed by atoms with Crippen molar-refractivity contribution < 1.29 is 29.6 Å². The van der Waals surface area contributed by atoms with Crippen LogP contribution in [0.2, 0.25) is 0 Å². The minimum absolute atomic E-state index is 0.00475. The summed E-state index contributed by atoms with van der Waals surface area (Å²) in [6, 6.07) is 2.52. The van der Waals surface area contributed by atoms with Crippen molar-refractivity contribution in [2.45, 2.75) is 26.4 Å². The van der Waals surface area contributed by atoms with Gasteiger partial charge in [-0.15, -0.1) is 0 Å². The number of ether oxygens (including phenoxy) is 1. The number of phenolic OH excluding ortho intramolecular Hbond substituents is 1. The third-order valence-corrected chi connectivity index (χ3v) is 3.76. The number of allylic oxidation sites excluding steroid dienone is 4. The minimum atomic E-state index is -0.723. The number of fused-ring (bicyclic) bond motifs is 1. The van der Waals surface area contributed by atoms with Crippen molar-refractivity contribution in [3.63, 3.8) is 0 Å². The predicted octanol–water partition coefficient (Wildman–Crippen LogP) is 3.66. The zero-order valence-electron chi connectivity index (χ0n) is 14.2. The van der Waals surface area contributed by atoms with E-state index in [-0.39, 0.29) is 52.1 Å². The Balaban J connectivity index is 2.28. The maximum Gasteiger partial charge on any atom is 0.238 e. The van der Waals surface area contributed by atoms with E-state index in [9.17, 15) is 25.2 Å². The van der Waals surface area contributed by atoms with Crippen molar-refractivity contribution >= 4 is 16.5 Å². The molecule has 1 aliphatic rings. The van der Waals surface area contributed by atoms with Gasteiger partial charge < -0.3 is 29.6 Å². The monoisotopic (exact) mass is 358 g/mol. The molecule has 1 heterocycles.